The SMILES string of the molecule is CCCNC(c1ccc(OC)cc1Cl)c1ccoc1CC. The first kappa shape index (κ1) is 15.9. The van der Waals surface area contributed by atoms with Crippen LogP contribution in [-0.4, -0.2) is 13.7 Å². The van der Waals surface area contributed by atoms with E-state index >= 15 is 0 Å². The maximum atomic E-state index is 6.44. The fraction of sp³-hybridized carbons (Fsp3) is 0.412. The van der Waals surface area contributed by atoms with E-state index in [0.717, 1.165) is 42.0 Å². The van der Waals surface area contributed by atoms with Crippen LogP contribution < -0.4 is 10.1 Å². The van der Waals surface area contributed by atoms with Crippen molar-refractivity contribution >= 4 is 11.6 Å². The highest BCUT2D eigenvalue weighted by molar-refractivity contribution is 6.31. The summed E-state index contributed by atoms with van der Waals surface area (Å²) in [5.74, 6) is 1.76. The first-order valence-electron chi connectivity index (χ1n) is 7.34. The molecule has 2 rings (SSSR count). The average Bonchev–Trinajstić information content (AvgIpc) is 2.97. The van der Waals surface area contributed by atoms with Gasteiger partial charge in [-0.25, -0.2) is 0 Å². The molecule has 1 heterocycles. The summed E-state index contributed by atoms with van der Waals surface area (Å²) in [6.07, 6.45) is 3.66. The van der Waals surface area contributed by atoms with Crippen LogP contribution in [0.4, 0.5) is 0 Å². The van der Waals surface area contributed by atoms with Crippen molar-refractivity contribution < 1.29 is 9.15 Å². The minimum atomic E-state index is 0.0389. The Bertz CT molecular complexity index is 580. The zero-order valence-corrected chi connectivity index (χ0v) is 13.5. The maximum absolute atomic E-state index is 6.44. The molecule has 0 spiro atoms. The molecule has 0 amide bonds. The van der Waals surface area contributed by atoms with E-state index in [-0.39, 0.29) is 6.04 Å². The zero-order chi connectivity index (χ0) is 15.2. The number of nitrogens with one attached hydrogen (secondary N) is 1. The molecule has 1 atom stereocenters. The van der Waals surface area contributed by atoms with E-state index in [1.807, 2.05) is 24.3 Å². The Kier molecular flexibility index (Phi) is 5.71. The molecule has 0 fully saturated rings. The number of methoxy groups -OCH3 is 1. The molecule has 1 N–H and O–H groups in total. The summed E-state index contributed by atoms with van der Waals surface area (Å²) in [5.41, 5.74) is 2.19. The molecule has 0 aliphatic heterocycles. The molecule has 1 aromatic carbocycles. The molecule has 21 heavy (non-hydrogen) atoms. The van der Waals surface area contributed by atoms with E-state index in [0.29, 0.717) is 5.02 Å². The molecular formula is C17H22ClNO2. The van der Waals surface area contributed by atoms with Crippen molar-refractivity contribution in [2.24, 2.45) is 0 Å². The normalized spacial score (nSPS) is 12.4. The first-order valence-corrected chi connectivity index (χ1v) is 7.72. The predicted octanol–water partition coefficient (Wildman–Crippen LogP) is 4.59. The zero-order valence-electron chi connectivity index (χ0n) is 12.8. The van der Waals surface area contributed by atoms with Gasteiger partial charge in [-0.05, 0) is 36.7 Å². The highest BCUT2D eigenvalue weighted by Crippen LogP contribution is 2.33. The maximum Gasteiger partial charge on any atom is 0.120 e. The Hall–Kier alpha value is -1.45. The second-order valence-electron chi connectivity index (χ2n) is 4.93. The van der Waals surface area contributed by atoms with Crippen LogP contribution in [-0.2, 0) is 6.42 Å². The van der Waals surface area contributed by atoms with E-state index in [9.17, 15) is 0 Å². The van der Waals surface area contributed by atoms with Gasteiger partial charge in [-0.2, -0.15) is 0 Å². The van der Waals surface area contributed by atoms with Gasteiger partial charge in [0, 0.05) is 17.0 Å². The number of furan rings is 1. The van der Waals surface area contributed by atoms with Gasteiger partial charge in [0.05, 0.1) is 19.4 Å². The van der Waals surface area contributed by atoms with Crippen LogP contribution in [0.3, 0.4) is 0 Å². The van der Waals surface area contributed by atoms with E-state index in [2.05, 4.69) is 19.2 Å². The number of hydrogen-bond donors (Lipinski definition) is 1. The van der Waals surface area contributed by atoms with Crippen LogP contribution in [0, 0.1) is 0 Å². The number of hydrogen-bond acceptors (Lipinski definition) is 3. The largest absolute Gasteiger partial charge is 0.497 e. The Morgan fingerprint density at radius 3 is 2.67 bits per heavy atom. The molecular weight excluding hydrogens is 286 g/mol. The van der Waals surface area contributed by atoms with Crippen LogP contribution in [0.2, 0.25) is 5.02 Å². The van der Waals surface area contributed by atoms with Gasteiger partial charge >= 0.3 is 0 Å². The van der Waals surface area contributed by atoms with E-state index < -0.39 is 0 Å². The molecule has 0 saturated carbocycles. The lowest BCUT2D eigenvalue weighted by molar-refractivity contribution is 0.414. The van der Waals surface area contributed by atoms with Crippen molar-refractivity contribution in [1.29, 1.82) is 0 Å². The van der Waals surface area contributed by atoms with Crippen LogP contribution in [0.25, 0.3) is 0 Å². The quantitative estimate of drug-likeness (QED) is 0.812. The second kappa shape index (κ2) is 7.53. The molecule has 114 valence electrons. The van der Waals surface area contributed by atoms with Crippen molar-refractivity contribution in [3.05, 3.63) is 52.4 Å². The number of aryl methyl sites for hydroxylation is 1. The number of rotatable bonds is 7. The van der Waals surface area contributed by atoms with Gasteiger partial charge in [-0.1, -0.05) is 31.5 Å². The Labute approximate surface area is 131 Å². The van der Waals surface area contributed by atoms with Crippen molar-refractivity contribution in [2.45, 2.75) is 32.7 Å². The summed E-state index contributed by atoms with van der Waals surface area (Å²) in [6.45, 7) is 5.16. The lowest BCUT2D eigenvalue weighted by atomic mass is 9.97. The van der Waals surface area contributed by atoms with Crippen molar-refractivity contribution in [3.8, 4) is 5.75 Å². The Morgan fingerprint density at radius 1 is 1.24 bits per heavy atom. The van der Waals surface area contributed by atoms with Gasteiger partial charge in [0.25, 0.3) is 0 Å². The summed E-state index contributed by atoms with van der Waals surface area (Å²) in [4.78, 5) is 0. The van der Waals surface area contributed by atoms with Gasteiger partial charge in [0.1, 0.15) is 11.5 Å². The third kappa shape index (κ3) is 3.60. The fourth-order valence-electron chi connectivity index (χ4n) is 2.44. The lowest BCUT2D eigenvalue weighted by Crippen LogP contribution is -2.24. The van der Waals surface area contributed by atoms with Gasteiger partial charge < -0.3 is 14.5 Å². The van der Waals surface area contributed by atoms with Crippen LogP contribution in [0.5, 0.6) is 5.75 Å². The standard InChI is InChI=1S/C17H22ClNO2/c1-4-9-19-17(14-8-10-21-16(14)5-2)13-7-6-12(20-3)11-15(13)18/h6-8,10-11,17,19H,4-5,9H2,1-3H3. The predicted molar refractivity (Wildman–Crippen MR) is 86.2 cm³/mol. The van der Waals surface area contributed by atoms with Gasteiger partial charge in [0.15, 0.2) is 0 Å². The topological polar surface area (TPSA) is 34.4 Å². The summed E-state index contributed by atoms with van der Waals surface area (Å²) in [5, 5.41) is 4.26. The highest BCUT2D eigenvalue weighted by Gasteiger charge is 2.21. The summed E-state index contributed by atoms with van der Waals surface area (Å²) in [7, 11) is 1.64. The monoisotopic (exact) mass is 307 g/mol. The van der Waals surface area contributed by atoms with Gasteiger partial charge in [0.2, 0.25) is 0 Å². The van der Waals surface area contributed by atoms with Crippen LogP contribution in [0.1, 0.15) is 43.2 Å². The third-order valence-corrected chi connectivity index (χ3v) is 3.86. The molecule has 0 aliphatic carbocycles. The van der Waals surface area contributed by atoms with Crippen molar-refractivity contribution in [1.82, 2.24) is 5.32 Å². The molecule has 1 unspecified atom stereocenters. The second-order valence-corrected chi connectivity index (χ2v) is 5.33. The molecule has 1 aromatic heterocycles. The van der Waals surface area contributed by atoms with Crippen LogP contribution in [0.15, 0.2) is 34.9 Å². The summed E-state index contributed by atoms with van der Waals surface area (Å²) < 4.78 is 10.8. The fourth-order valence-corrected chi connectivity index (χ4v) is 2.72. The van der Waals surface area contributed by atoms with Crippen LogP contribution >= 0.6 is 11.6 Å². The molecule has 0 bridgehead atoms. The number of ether oxygens (including phenoxy) is 1. The number of halogens is 1. The smallest absolute Gasteiger partial charge is 0.120 e. The minimum absolute atomic E-state index is 0.0389. The third-order valence-electron chi connectivity index (χ3n) is 3.53. The minimum Gasteiger partial charge on any atom is -0.497 e. The Morgan fingerprint density at radius 2 is 2.05 bits per heavy atom. The molecule has 4 heteroatoms. The summed E-state index contributed by atoms with van der Waals surface area (Å²) >= 11 is 6.44. The molecule has 3 nitrogen and oxygen atoms in total. The van der Waals surface area contributed by atoms with Gasteiger partial charge in [-0.15, -0.1) is 0 Å². The van der Waals surface area contributed by atoms with Crippen molar-refractivity contribution in [2.75, 3.05) is 13.7 Å². The van der Waals surface area contributed by atoms with E-state index in [1.54, 1.807) is 13.4 Å². The van der Waals surface area contributed by atoms with Gasteiger partial charge in [-0.3, -0.25) is 0 Å². The number of benzene rings is 1. The molecule has 0 aliphatic rings. The van der Waals surface area contributed by atoms with E-state index in [1.165, 1.54) is 0 Å². The summed E-state index contributed by atoms with van der Waals surface area (Å²) in [6, 6.07) is 7.86. The molecule has 2 aromatic rings. The Balaban J connectivity index is 2.40. The highest BCUT2D eigenvalue weighted by atomic mass is 35.5. The first-order chi connectivity index (χ1) is 10.2. The molecule has 0 radical (unpaired) electrons. The average molecular weight is 308 g/mol. The van der Waals surface area contributed by atoms with Crippen molar-refractivity contribution in [3.63, 3.8) is 0 Å². The molecule has 0 saturated heterocycles. The lowest BCUT2D eigenvalue weighted by Gasteiger charge is -2.20. The van der Waals surface area contributed by atoms with E-state index in [4.69, 9.17) is 20.8 Å².